The Labute approximate surface area is 95.4 Å². The van der Waals surface area contributed by atoms with Crippen LogP contribution in [0, 0.1) is 17.7 Å². The molecule has 1 fully saturated rings. The van der Waals surface area contributed by atoms with E-state index in [2.05, 4.69) is 17.5 Å². The van der Waals surface area contributed by atoms with E-state index in [1.165, 1.54) is 18.9 Å². The monoisotopic (exact) mass is 217 g/mol. The van der Waals surface area contributed by atoms with Gasteiger partial charge in [-0.3, -0.25) is 0 Å². The number of fused-ring (bicyclic) bond motifs is 1. The van der Waals surface area contributed by atoms with Crippen molar-refractivity contribution in [2.45, 2.75) is 25.4 Å². The fourth-order valence-electron chi connectivity index (χ4n) is 2.83. The second kappa shape index (κ2) is 4.02. The van der Waals surface area contributed by atoms with Crippen molar-refractivity contribution in [1.29, 1.82) is 0 Å². The minimum Gasteiger partial charge on any atom is -0.309 e. The molecule has 0 aliphatic heterocycles. The smallest absolute Gasteiger partial charge is 0.127 e. The molecular formula is C14H16FN. The molecule has 84 valence electrons. The molecule has 0 aromatic heterocycles. The number of halogens is 1. The molecule has 0 amide bonds. The highest BCUT2D eigenvalue weighted by atomic mass is 19.1. The SMILES string of the molecule is Fc1ccccc1CNC1CC2CC=CC21. The Bertz CT molecular complexity index is 413. The van der Waals surface area contributed by atoms with Crippen LogP contribution in [0.5, 0.6) is 0 Å². The van der Waals surface area contributed by atoms with Crippen molar-refractivity contribution in [1.82, 2.24) is 5.32 Å². The van der Waals surface area contributed by atoms with Crippen LogP contribution >= 0.6 is 0 Å². The number of benzene rings is 1. The molecular weight excluding hydrogens is 201 g/mol. The minimum atomic E-state index is -0.104. The second-order valence-electron chi connectivity index (χ2n) is 4.82. The molecule has 16 heavy (non-hydrogen) atoms. The zero-order valence-electron chi connectivity index (χ0n) is 9.20. The molecule has 0 bridgehead atoms. The van der Waals surface area contributed by atoms with Crippen molar-refractivity contribution < 1.29 is 4.39 Å². The normalized spacial score (nSPS) is 31.2. The highest BCUT2D eigenvalue weighted by Gasteiger charge is 2.40. The summed E-state index contributed by atoms with van der Waals surface area (Å²) < 4.78 is 13.4. The van der Waals surface area contributed by atoms with Crippen LogP contribution in [0.2, 0.25) is 0 Å². The van der Waals surface area contributed by atoms with Gasteiger partial charge in [-0.25, -0.2) is 4.39 Å². The highest BCUT2D eigenvalue weighted by molar-refractivity contribution is 5.18. The Morgan fingerprint density at radius 1 is 1.31 bits per heavy atom. The van der Waals surface area contributed by atoms with Crippen LogP contribution in [0.4, 0.5) is 4.39 Å². The van der Waals surface area contributed by atoms with E-state index in [1.807, 2.05) is 12.1 Å². The number of rotatable bonds is 3. The first-order chi connectivity index (χ1) is 7.84. The first-order valence-electron chi connectivity index (χ1n) is 5.98. The largest absolute Gasteiger partial charge is 0.309 e. The average Bonchev–Trinajstić information content (AvgIpc) is 2.63. The van der Waals surface area contributed by atoms with Crippen LogP contribution < -0.4 is 5.32 Å². The van der Waals surface area contributed by atoms with E-state index in [0.29, 0.717) is 18.5 Å². The minimum absolute atomic E-state index is 0.104. The van der Waals surface area contributed by atoms with Crippen molar-refractivity contribution >= 4 is 0 Å². The lowest BCUT2D eigenvalue weighted by atomic mass is 9.71. The quantitative estimate of drug-likeness (QED) is 0.768. The lowest BCUT2D eigenvalue weighted by Crippen LogP contribution is -2.47. The van der Waals surface area contributed by atoms with Crippen LogP contribution in [0.15, 0.2) is 36.4 Å². The van der Waals surface area contributed by atoms with E-state index >= 15 is 0 Å². The summed E-state index contributed by atoms with van der Waals surface area (Å²) in [4.78, 5) is 0. The summed E-state index contributed by atoms with van der Waals surface area (Å²) in [6, 6.07) is 7.55. The van der Waals surface area contributed by atoms with Gasteiger partial charge in [0.2, 0.25) is 0 Å². The number of hydrogen-bond donors (Lipinski definition) is 1. The Kier molecular flexibility index (Phi) is 2.52. The highest BCUT2D eigenvalue weighted by Crippen LogP contribution is 2.42. The van der Waals surface area contributed by atoms with E-state index in [0.717, 1.165) is 11.5 Å². The summed E-state index contributed by atoms with van der Waals surface area (Å²) in [5.74, 6) is 1.46. The lowest BCUT2D eigenvalue weighted by molar-refractivity contribution is 0.162. The molecule has 3 rings (SSSR count). The fourth-order valence-corrected chi connectivity index (χ4v) is 2.83. The zero-order chi connectivity index (χ0) is 11.0. The standard InChI is InChI=1S/C14H16FN/c15-13-7-2-1-4-11(13)9-16-14-8-10-5-3-6-12(10)14/h1-4,6-7,10,12,14,16H,5,8-9H2. The van der Waals surface area contributed by atoms with E-state index in [1.54, 1.807) is 6.07 Å². The van der Waals surface area contributed by atoms with Gasteiger partial charge in [-0.05, 0) is 30.7 Å². The van der Waals surface area contributed by atoms with E-state index in [9.17, 15) is 4.39 Å². The molecule has 0 heterocycles. The summed E-state index contributed by atoms with van der Waals surface area (Å²) in [5, 5.41) is 3.46. The molecule has 1 nitrogen and oxygen atoms in total. The second-order valence-corrected chi connectivity index (χ2v) is 4.82. The van der Waals surface area contributed by atoms with Crippen LogP contribution in [0.1, 0.15) is 18.4 Å². The third-order valence-corrected chi connectivity index (χ3v) is 3.88. The molecule has 1 aromatic carbocycles. The van der Waals surface area contributed by atoms with Crippen LogP contribution in [-0.2, 0) is 6.54 Å². The maximum atomic E-state index is 13.4. The molecule has 0 saturated heterocycles. The molecule has 1 saturated carbocycles. The maximum Gasteiger partial charge on any atom is 0.127 e. The van der Waals surface area contributed by atoms with Crippen molar-refractivity contribution in [3.05, 3.63) is 47.8 Å². The van der Waals surface area contributed by atoms with Gasteiger partial charge in [-0.2, -0.15) is 0 Å². The molecule has 3 unspecified atom stereocenters. The summed E-state index contributed by atoms with van der Waals surface area (Å²) in [7, 11) is 0. The van der Waals surface area contributed by atoms with Crippen molar-refractivity contribution in [2.75, 3.05) is 0 Å². The van der Waals surface area contributed by atoms with Gasteiger partial charge in [0.05, 0.1) is 0 Å². The summed E-state index contributed by atoms with van der Waals surface area (Å²) in [6.45, 7) is 0.647. The fraction of sp³-hybridized carbons (Fsp3) is 0.429. The third kappa shape index (κ3) is 1.67. The van der Waals surface area contributed by atoms with E-state index < -0.39 is 0 Å². The van der Waals surface area contributed by atoms with E-state index in [-0.39, 0.29) is 5.82 Å². The number of nitrogens with one attached hydrogen (secondary N) is 1. The average molecular weight is 217 g/mol. The molecule has 2 aliphatic carbocycles. The van der Waals surface area contributed by atoms with Gasteiger partial charge in [0.1, 0.15) is 5.82 Å². The summed E-state index contributed by atoms with van der Waals surface area (Å²) >= 11 is 0. The van der Waals surface area contributed by atoms with Crippen LogP contribution in [-0.4, -0.2) is 6.04 Å². The van der Waals surface area contributed by atoms with Crippen LogP contribution in [0.3, 0.4) is 0 Å². The molecule has 2 aliphatic rings. The van der Waals surface area contributed by atoms with Gasteiger partial charge in [0.25, 0.3) is 0 Å². The molecule has 1 aromatic rings. The Morgan fingerprint density at radius 2 is 2.19 bits per heavy atom. The third-order valence-electron chi connectivity index (χ3n) is 3.88. The van der Waals surface area contributed by atoms with Gasteiger partial charge < -0.3 is 5.32 Å². The number of allylic oxidation sites excluding steroid dienone is 1. The molecule has 0 spiro atoms. The summed E-state index contributed by atoms with van der Waals surface area (Å²) in [5.41, 5.74) is 0.771. The van der Waals surface area contributed by atoms with Crippen molar-refractivity contribution in [3.8, 4) is 0 Å². The van der Waals surface area contributed by atoms with Gasteiger partial charge in [0.15, 0.2) is 0 Å². The van der Waals surface area contributed by atoms with Gasteiger partial charge in [-0.15, -0.1) is 0 Å². The van der Waals surface area contributed by atoms with Gasteiger partial charge in [0, 0.05) is 18.2 Å². The van der Waals surface area contributed by atoms with Crippen LogP contribution in [0.25, 0.3) is 0 Å². The maximum absolute atomic E-state index is 13.4. The van der Waals surface area contributed by atoms with Crippen molar-refractivity contribution in [2.24, 2.45) is 11.8 Å². The van der Waals surface area contributed by atoms with Crippen molar-refractivity contribution in [3.63, 3.8) is 0 Å². The lowest BCUT2D eigenvalue weighted by Gasteiger charge is -2.40. The molecule has 3 atom stereocenters. The van der Waals surface area contributed by atoms with E-state index in [4.69, 9.17) is 0 Å². The predicted molar refractivity (Wildman–Crippen MR) is 62.4 cm³/mol. The molecule has 2 heteroatoms. The molecule has 0 radical (unpaired) electrons. The zero-order valence-corrected chi connectivity index (χ0v) is 9.20. The number of hydrogen-bond acceptors (Lipinski definition) is 1. The van der Waals surface area contributed by atoms with Gasteiger partial charge in [-0.1, -0.05) is 30.4 Å². The van der Waals surface area contributed by atoms with Gasteiger partial charge >= 0.3 is 0 Å². The molecule has 1 N–H and O–H groups in total. The Hall–Kier alpha value is -1.15. The first-order valence-corrected chi connectivity index (χ1v) is 5.98. The Morgan fingerprint density at radius 3 is 3.00 bits per heavy atom. The predicted octanol–water partition coefficient (Wildman–Crippen LogP) is 2.88. The Balaban J connectivity index is 1.58. The topological polar surface area (TPSA) is 12.0 Å². The first kappa shape index (κ1) is 10.0. The summed E-state index contributed by atoms with van der Waals surface area (Å²) in [6.07, 6.45) is 7.07.